The molecule has 1 heterocycles. The molecule has 27 heavy (non-hydrogen) atoms. The molecule has 0 unspecified atom stereocenters. The molecule has 0 aliphatic rings. The van der Waals surface area contributed by atoms with Crippen molar-refractivity contribution in [2.45, 2.75) is 46.6 Å². The Labute approximate surface area is 158 Å². The number of rotatable bonds is 8. The molecule has 0 saturated heterocycles. The number of carboxylic acid groups (broad SMARTS) is 1. The standard InChI is InChI=1S/C20H26N2O5/c1-11(2)7-16(20(25)26)22-18(24)9-21-17(23)8-14-10-27-19-13(4)12(3)5-6-15(14)19/h5-6,10-11,16H,7-9H2,1-4H3,(H,21,23)(H,22,24)(H,25,26)/t16-/m0/s1. The summed E-state index contributed by atoms with van der Waals surface area (Å²) in [6, 6.07) is 2.93. The van der Waals surface area contributed by atoms with Crippen molar-refractivity contribution in [1.29, 1.82) is 0 Å². The number of aliphatic carboxylic acids is 1. The van der Waals surface area contributed by atoms with Crippen LogP contribution < -0.4 is 10.6 Å². The topological polar surface area (TPSA) is 109 Å². The summed E-state index contributed by atoms with van der Waals surface area (Å²) in [4.78, 5) is 35.3. The summed E-state index contributed by atoms with van der Waals surface area (Å²) < 4.78 is 5.58. The van der Waals surface area contributed by atoms with Gasteiger partial charge in [-0.3, -0.25) is 9.59 Å². The van der Waals surface area contributed by atoms with Crippen LogP contribution in [0.5, 0.6) is 0 Å². The minimum atomic E-state index is -1.08. The van der Waals surface area contributed by atoms with Crippen LogP contribution in [0.3, 0.4) is 0 Å². The summed E-state index contributed by atoms with van der Waals surface area (Å²) in [5.74, 6) is -1.82. The number of furan rings is 1. The second-order valence-electron chi connectivity index (χ2n) is 7.19. The molecule has 7 heteroatoms. The first-order valence-electron chi connectivity index (χ1n) is 8.94. The number of amides is 2. The summed E-state index contributed by atoms with van der Waals surface area (Å²) in [6.07, 6.45) is 1.96. The van der Waals surface area contributed by atoms with Gasteiger partial charge in [0.25, 0.3) is 0 Å². The van der Waals surface area contributed by atoms with Crippen molar-refractivity contribution in [2.75, 3.05) is 6.54 Å². The zero-order chi connectivity index (χ0) is 20.1. The maximum Gasteiger partial charge on any atom is 0.326 e. The first kappa shape index (κ1) is 20.5. The lowest BCUT2D eigenvalue weighted by atomic mass is 10.0. The quantitative estimate of drug-likeness (QED) is 0.657. The molecule has 0 fully saturated rings. The van der Waals surface area contributed by atoms with E-state index >= 15 is 0 Å². The van der Waals surface area contributed by atoms with E-state index in [2.05, 4.69) is 10.6 Å². The van der Waals surface area contributed by atoms with Gasteiger partial charge in [-0.2, -0.15) is 0 Å². The Morgan fingerprint density at radius 3 is 2.48 bits per heavy atom. The number of fused-ring (bicyclic) bond motifs is 1. The van der Waals surface area contributed by atoms with Crippen molar-refractivity contribution >= 4 is 28.8 Å². The molecular weight excluding hydrogens is 348 g/mol. The lowest BCUT2D eigenvalue weighted by Crippen LogP contribution is -2.46. The molecular formula is C20H26N2O5. The van der Waals surface area contributed by atoms with Gasteiger partial charge >= 0.3 is 5.97 Å². The van der Waals surface area contributed by atoms with E-state index in [4.69, 9.17) is 9.52 Å². The molecule has 0 bridgehead atoms. The Hall–Kier alpha value is -2.83. The Kier molecular flexibility index (Phi) is 6.60. The Bertz CT molecular complexity index is 853. The van der Waals surface area contributed by atoms with Crippen molar-refractivity contribution in [3.8, 4) is 0 Å². The maximum atomic E-state index is 12.2. The normalized spacial score (nSPS) is 12.2. The first-order chi connectivity index (χ1) is 12.7. The third kappa shape index (κ3) is 5.32. The van der Waals surface area contributed by atoms with Crippen molar-refractivity contribution in [1.82, 2.24) is 10.6 Å². The van der Waals surface area contributed by atoms with E-state index in [1.54, 1.807) is 6.26 Å². The highest BCUT2D eigenvalue weighted by Crippen LogP contribution is 2.26. The molecule has 0 aliphatic heterocycles. The molecule has 2 aromatic rings. The largest absolute Gasteiger partial charge is 0.480 e. The van der Waals surface area contributed by atoms with Crippen LogP contribution in [0.15, 0.2) is 22.8 Å². The number of benzene rings is 1. The van der Waals surface area contributed by atoms with Crippen LogP contribution in [0.2, 0.25) is 0 Å². The van der Waals surface area contributed by atoms with E-state index in [-0.39, 0.29) is 24.8 Å². The van der Waals surface area contributed by atoms with E-state index in [0.29, 0.717) is 6.42 Å². The lowest BCUT2D eigenvalue weighted by molar-refractivity contribution is -0.142. The van der Waals surface area contributed by atoms with E-state index in [0.717, 1.165) is 27.7 Å². The zero-order valence-corrected chi connectivity index (χ0v) is 16.1. The Morgan fingerprint density at radius 1 is 1.15 bits per heavy atom. The predicted octanol–water partition coefficient (Wildman–Crippen LogP) is 2.32. The fourth-order valence-corrected chi connectivity index (χ4v) is 2.88. The molecule has 0 aliphatic carbocycles. The van der Waals surface area contributed by atoms with Crippen molar-refractivity contribution in [3.63, 3.8) is 0 Å². The summed E-state index contributed by atoms with van der Waals surface area (Å²) in [7, 11) is 0. The molecule has 1 aromatic heterocycles. The zero-order valence-electron chi connectivity index (χ0n) is 16.1. The fourth-order valence-electron chi connectivity index (χ4n) is 2.88. The van der Waals surface area contributed by atoms with Gasteiger partial charge in [0, 0.05) is 10.9 Å². The highest BCUT2D eigenvalue weighted by Gasteiger charge is 2.21. The van der Waals surface area contributed by atoms with Crippen molar-refractivity contribution < 1.29 is 23.9 Å². The summed E-state index contributed by atoms with van der Waals surface area (Å²) >= 11 is 0. The highest BCUT2D eigenvalue weighted by atomic mass is 16.4. The molecule has 0 radical (unpaired) electrons. The second-order valence-corrected chi connectivity index (χ2v) is 7.19. The molecule has 146 valence electrons. The van der Waals surface area contributed by atoms with Crippen LogP contribution in [0.4, 0.5) is 0 Å². The molecule has 1 aromatic carbocycles. The van der Waals surface area contributed by atoms with Crippen LogP contribution >= 0.6 is 0 Å². The van der Waals surface area contributed by atoms with Crippen molar-refractivity contribution in [3.05, 3.63) is 35.1 Å². The lowest BCUT2D eigenvalue weighted by Gasteiger charge is -2.16. The fraction of sp³-hybridized carbons (Fsp3) is 0.450. The van der Waals surface area contributed by atoms with Gasteiger partial charge in [0.05, 0.1) is 19.2 Å². The van der Waals surface area contributed by atoms with Crippen LogP contribution in [-0.2, 0) is 20.8 Å². The molecule has 2 amide bonds. The number of carbonyl (C=O) groups excluding carboxylic acids is 2. The third-order valence-corrected chi connectivity index (χ3v) is 4.48. The molecule has 0 spiro atoms. The second kappa shape index (κ2) is 8.70. The Balaban J connectivity index is 1.92. The summed E-state index contributed by atoms with van der Waals surface area (Å²) in [5, 5.41) is 15.0. The maximum absolute atomic E-state index is 12.2. The number of carbonyl (C=O) groups is 3. The summed E-state index contributed by atoms with van der Waals surface area (Å²) in [5.41, 5.74) is 3.64. The van der Waals surface area contributed by atoms with E-state index in [1.165, 1.54) is 0 Å². The third-order valence-electron chi connectivity index (χ3n) is 4.48. The number of hydrogen-bond acceptors (Lipinski definition) is 4. The van der Waals surface area contributed by atoms with E-state index < -0.39 is 17.9 Å². The van der Waals surface area contributed by atoms with Gasteiger partial charge in [-0.1, -0.05) is 26.0 Å². The van der Waals surface area contributed by atoms with Gasteiger partial charge in [-0.25, -0.2) is 4.79 Å². The van der Waals surface area contributed by atoms with Crippen LogP contribution in [-0.4, -0.2) is 35.5 Å². The predicted molar refractivity (Wildman–Crippen MR) is 101 cm³/mol. The minimum Gasteiger partial charge on any atom is -0.480 e. The Morgan fingerprint density at radius 2 is 1.85 bits per heavy atom. The molecule has 1 atom stereocenters. The number of aryl methyl sites for hydroxylation is 2. The van der Waals surface area contributed by atoms with Crippen LogP contribution in [0.25, 0.3) is 11.0 Å². The highest BCUT2D eigenvalue weighted by molar-refractivity contribution is 5.91. The van der Waals surface area contributed by atoms with Gasteiger partial charge in [-0.15, -0.1) is 0 Å². The SMILES string of the molecule is Cc1ccc2c(CC(=O)NCC(=O)N[C@@H](CC(C)C)C(=O)O)coc2c1C. The first-order valence-corrected chi connectivity index (χ1v) is 8.94. The summed E-state index contributed by atoms with van der Waals surface area (Å²) in [6.45, 7) is 7.44. The van der Waals surface area contributed by atoms with E-state index in [1.807, 2.05) is 39.8 Å². The van der Waals surface area contributed by atoms with Crippen LogP contribution in [0.1, 0.15) is 37.0 Å². The average molecular weight is 374 g/mol. The monoisotopic (exact) mass is 374 g/mol. The van der Waals surface area contributed by atoms with Gasteiger partial charge in [0.1, 0.15) is 11.6 Å². The number of nitrogens with one attached hydrogen (secondary N) is 2. The molecule has 7 nitrogen and oxygen atoms in total. The molecule has 3 N–H and O–H groups in total. The van der Waals surface area contributed by atoms with Gasteiger partial charge in [0.15, 0.2) is 0 Å². The minimum absolute atomic E-state index is 0.0805. The van der Waals surface area contributed by atoms with Crippen LogP contribution in [0, 0.1) is 19.8 Å². The smallest absolute Gasteiger partial charge is 0.326 e. The number of hydrogen-bond donors (Lipinski definition) is 3. The van der Waals surface area contributed by atoms with Gasteiger partial charge in [0.2, 0.25) is 11.8 Å². The molecule has 2 rings (SSSR count). The number of carboxylic acids is 1. The van der Waals surface area contributed by atoms with Gasteiger partial charge in [-0.05, 0) is 37.3 Å². The van der Waals surface area contributed by atoms with Crippen molar-refractivity contribution in [2.24, 2.45) is 5.92 Å². The van der Waals surface area contributed by atoms with Gasteiger partial charge < -0.3 is 20.2 Å². The molecule has 0 saturated carbocycles. The van der Waals surface area contributed by atoms with E-state index in [9.17, 15) is 14.4 Å². The average Bonchev–Trinajstić information content (AvgIpc) is 2.98.